The van der Waals surface area contributed by atoms with Gasteiger partial charge in [-0.05, 0) is 35.7 Å². The third kappa shape index (κ3) is 3.92. The number of nitrogens with one attached hydrogen (secondary N) is 1. The van der Waals surface area contributed by atoms with Crippen LogP contribution in [0, 0.1) is 11.6 Å². The second kappa shape index (κ2) is 8.14. The molecule has 9 heteroatoms. The third-order valence-electron chi connectivity index (χ3n) is 4.02. The first-order valence-corrected chi connectivity index (χ1v) is 10.3. The summed E-state index contributed by atoms with van der Waals surface area (Å²) in [5.41, 5.74) is 0.180. The first-order chi connectivity index (χ1) is 14.0. The highest BCUT2D eigenvalue weighted by atomic mass is 32.2. The molecule has 2 aromatic carbocycles. The van der Waals surface area contributed by atoms with E-state index in [4.69, 9.17) is 0 Å². The summed E-state index contributed by atoms with van der Waals surface area (Å²) in [4.78, 5) is 29.6. The Morgan fingerprint density at radius 1 is 1.07 bits per heavy atom. The predicted octanol–water partition coefficient (Wildman–Crippen LogP) is 4.46. The molecule has 0 bridgehead atoms. The summed E-state index contributed by atoms with van der Waals surface area (Å²) < 4.78 is 29.7. The normalized spacial score (nSPS) is 11.0. The number of carbonyl (C=O) groups is 1. The van der Waals surface area contributed by atoms with Gasteiger partial charge in [0.05, 0.1) is 22.6 Å². The van der Waals surface area contributed by atoms with Crippen LogP contribution >= 0.6 is 23.1 Å². The summed E-state index contributed by atoms with van der Waals surface area (Å²) >= 11 is 2.19. The zero-order chi connectivity index (χ0) is 20.4. The zero-order valence-electron chi connectivity index (χ0n) is 14.8. The molecule has 0 atom stereocenters. The minimum Gasteiger partial charge on any atom is -0.323 e. The second-order valence-corrected chi connectivity index (χ2v) is 7.80. The van der Waals surface area contributed by atoms with Gasteiger partial charge in [0.25, 0.3) is 5.56 Å². The highest BCUT2D eigenvalue weighted by Gasteiger charge is 2.18. The van der Waals surface area contributed by atoms with Gasteiger partial charge in [-0.1, -0.05) is 36.0 Å². The topological polar surface area (TPSA) is 64.0 Å². The molecule has 0 aliphatic rings. The van der Waals surface area contributed by atoms with Crippen molar-refractivity contribution in [2.24, 2.45) is 0 Å². The molecule has 0 aliphatic carbocycles. The standard InChI is InChI=1S/C20H13F2N3O2S2/c21-12-5-1-3-7-14(12)23-17(26)11-29-20-24-15-9-10-28-18(15)19(27)25(20)16-8-4-2-6-13(16)22/h1-10H,11H2,(H,23,26). The Kier molecular flexibility index (Phi) is 5.41. The number of benzene rings is 2. The van der Waals surface area contributed by atoms with Gasteiger partial charge in [-0.15, -0.1) is 11.3 Å². The number of hydrogen-bond acceptors (Lipinski definition) is 5. The smallest absolute Gasteiger partial charge is 0.276 e. The lowest BCUT2D eigenvalue weighted by molar-refractivity contribution is -0.113. The number of anilines is 1. The Hall–Kier alpha value is -3.04. The summed E-state index contributed by atoms with van der Waals surface area (Å²) in [6.07, 6.45) is 0. The number of thiophene rings is 1. The molecule has 5 nitrogen and oxygen atoms in total. The second-order valence-electron chi connectivity index (χ2n) is 5.94. The number of carbonyl (C=O) groups excluding carboxylic acids is 1. The molecule has 0 saturated carbocycles. The van der Waals surface area contributed by atoms with Crippen LogP contribution in [0.5, 0.6) is 0 Å². The van der Waals surface area contributed by atoms with Crippen molar-refractivity contribution in [2.75, 3.05) is 11.1 Å². The number of halogens is 2. The van der Waals surface area contributed by atoms with Crippen LogP contribution in [0.25, 0.3) is 15.9 Å². The quantitative estimate of drug-likeness (QED) is 0.376. The van der Waals surface area contributed by atoms with E-state index < -0.39 is 23.1 Å². The Morgan fingerprint density at radius 3 is 2.55 bits per heavy atom. The van der Waals surface area contributed by atoms with Crippen molar-refractivity contribution in [3.8, 4) is 5.69 Å². The molecule has 4 aromatic rings. The maximum atomic E-state index is 14.4. The highest BCUT2D eigenvalue weighted by molar-refractivity contribution is 7.99. The van der Waals surface area contributed by atoms with Crippen LogP contribution < -0.4 is 10.9 Å². The van der Waals surface area contributed by atoms with Gasteiger partial charge in [-0.25, -0.2) is 13.8 Å². The molecule has 2 heterocycles. The van der Waals surface area contributed by atoms with Gasteiger partial charge in [0.15, 0.2) is 5.16 Å². The minimum absolute atomic E-state index is 0.0531. The van der Waals surface area contributed by atoms with Gasteiger partial charge in [0.1, 0.15) is 16.3 Å². The average Bonchev–Trinajstić information content (AvgIpc) is 3.18. The van der Waals surface area contributed by atoms with Gasteiger partial charge >= 0.3 is 0 Å². The number of nitrogens with zero attached hydrogens (tertiary/aromatic N) is 2. The maximum absolute atomic E-state index is 14.4. The SMILES string of the molecule is O=C(CSc1nc2ccsc2c(=O)n1-c1ccccc1F)Nc1ccccc1F. The van der Waals surface area contributed by atoms with Gasteiger partial charge in [0, 0.05) is 0 Å². The first-order valence-electron chi connectivity index (χ1n) is 8.47. The summed E-state index contributed by atoms with van der Waals surface area (Å²) in [5, 5.41) is 4.38. The highest BCUT2D eigenvalue weighted by Crippen LogP contribution is 2.25. The fraction of sp³-hybridized carbons (Fsp3) is 0.0500. The monoisotopic (exact) mass is 429 g/mol. The fourth-order valence-corrected chi connectivity index (χ4v) is 4.28. The summed E-state index contributed by atoms with van der Waals surface area (Å²) in [7, 11) is 0. The number of rotatable bonds is 5. The maximum Gasteiger partial charge on any atom is 0.276 e. The van der Waals surface area contributed by atoms with Crippen molar-refractivity contribution in [3.05, 3.63) is 82.0 Å². The van der Waals surface area contributed by atoms with E-state index in [0.717, 1.165) is 16.3 Å². The molecule has 29 heavy (non-hydrogen) atoms. The van der Waals surface area contributed by atoms with Crippen molar-refractivity contribution >= 4 is 44.9 Å². The van der Waals surface area contributed by atoms with E-state index in [0.29, 0.717) is 10.2 Å². The molecule has 0 radical (unpaired) electrons. The van der Waals surface area contributed by atoms with Gasteiger partial charge in [-0.2, -0.15) is 0 Å². The summed E-state index contributed by atoms with van der Waals surface area (Å²) in [6.45, 7) is 0. The van der Waals surface area contributed by atoms with E-state index in [1.165, 1.54) is 47.7 Å². The van der Waals surface area contributed by atoms with Crippen LogP contribution in [0.2, 0.25) is 0 Å². The molecule has 0 fully saturated rings. The van der Waals surface area contributed by atoms with Gasteiger partial charge < -0.3 is 5.32 Å². The predicted molar refractivity (Wildman–Crippen MR) is 111 cm³/mol. The molecule has 146 valence electrons. The Labute approximate surface area is 172 Å². The molecule has 0 spiro atoms. The van der Waals surface area contributed by atoms with Crippen LogP contribution in [-0.4, -0.2) is 21.2 Å². The van der Waals surface area contributed by atoms with Crippen molar-refractivity contribution in [3.63, 3.8) is 0 Å². The van der Waals surface area contributed by atoms with E-state index in [2.05, 4.69) is 10.3 Å². The van der Waals surface area contributed by atoms with Crippen LogP contribution in [0.15, 0.2) is 69.9 Å². The molecular weight excluding hydrogens is 416 g/mol. The van der Waals surface area contributed by atoms with E-state index in [1.54, 1.807) is 23.6 Å². The minimum atomic E-state index is -0.579. The Bertz CT molecular complexity index is 1270. The largest absolute Gasteiger partial charge is 0.323 e. The van der Waals surface area contributed by atoms with Crippen molar-refractivity contribution < 1.29 is 13.6 Å². The Balaban J connectivity index is 1.67. The van der Waals surface area contributed by atoms with Crippen LogP contribution in [-0.2, 0) is 4.79 Å². The van der Waals surface area contributed by atoms with E-state index in [1.807, 2.05) is 0 Å². The lowest BCUT2D eigenvalue weighted by Gasteiger charge is -2.13. The van der Waals surface area contributed by atoms with Crippen molar-refractivity contribution in [1.29, 1.82) is 0 Å². The van der Waals surface area contributed by atoms with Crippen molar-refractivity contribution in [1.82, 2.24) is 9.55 Å². The van der Waals surface area contributed by atoms with Crippen molar-refractivity contribution in [2.45, 2.75) is 5.16 Å². The van der Waals surface area contributed by atoms with E-state index >= 15 is 0 Å². The average molecular weight is 429 g/mol. The molecule has 0 saturated heterocycles. The number of thioether (sulfide) groups is 1. The Morgan fingerprint density at radius 2 is 1.79 bits per heavy atom. The number of aromatic nitrogens is 2. The first kappa shape index (κ1) is 19.3. The number of para-hydroxylation sites is 2. The van der Waals surface area contributed by atoms with Crippen LogP contribution in [0.1, 0.15) is 0 Å². The molecule has 1 amide bonds. The fourth-order valence-electron chi connectivity index (χ4n) is 2.71. The summed E-state index contributed by atoms with van der Waals surface area (Å²) in [5.74, 6) is -1.73. The molecule has 0 unspecified atom stereocenters. The molecule has 4 rings (SSSR count). The zero-order valence-corrected chi connectivity index (χ0v) is 16.4. The van der Waals surface area contributed by atoms with Gasteiger partial charge in [0.2, 0.25) is 5.91 Å². The van der Waals surface area contributed by atoms with E-state index in [-0.39, 0.29) is 22.3 Å². The van der Waals surface area contributed by atoms with E-state index in [9.17, 15) is 18.4 Å². The third-order valence-corrected chi connectivity index (χ3v) is 5.85. The lowest BCUT2D eigenvalue weighted by atomic mass is 10.3. The molecule has 0 aliphatic heterocycles. The van der Waals surface area contributed by atoms with Crippen LogP contribution in [0.4, 0.5) is 14.5 Å². The molecular formula is C20H13F2N3O2S2. The number of fused-ring (bicyclic) bond motifs is 1. The van der Waals surface area contributed by atoms with Crippen LogP contribution in [0.3, 0.4) is 0 Å². The lowest BCUT2D eigenvalue weighted by Crippen LogP contribution is -2.23. The molecule has 2 aromatic heterocycles. The summed E-state index contributed by atoms with van der Waals surface area (Å²) in [6, 6.07) is 13.4. The number of amides is 1. The number of hydrogen-bond donors (Lipinski definition) is 1. The van der Waals surface area contributed by atoms with Gasteiger partial charge in [-0.3, -0.25) is 14.2 Å². The molecule has 1 N–H and O–H groups in total.